The first-order chi connectivity index (χ1) is 8.39. The van der Waals surface area contributed by atoms with Crippen molar-refractivity contribution in [3.63, 3.8) is 0 Å². The molecule has 1 unspecified atom stereocenters. The molecule has 0 aromatic heterocycles. The molecule has 2 rings (SSSR count). The number of rotatable bonds is 2. The molecule has 0 radical (unpaired) electrons. The second-order valence-electron chi connectivity index (χ2n) is 6.47. The third kappa shape index (κ3) is 2.92. The van der Waals surface area contributed by atoms with Gasteiger partial charge in [-0.2, -0.15) is 0 Å². The van der Waals surface area contributed by atoms with Crippen molar-refractivity contribution in [3.05, 3.63) is 35.1 Å². The number of aryl methyl sites for hydroxylation is 1. The van der Waals surface area contributed by atoms with Crippen LogP contribution in [0.2, 0.25) is 0 Å². The lowest BCUT2D eigenvalue weighted by molar-refractivity contribution is 0.0543. The zero-order valence-corrected chi connectivity index (χ0v) is 11.5. The van der Waals surface area contributed by atoms with Crippen LogP contribution in [-0.2, 0) is 0 Å². The van der Waals surface area contributed by atoms with Gasteiger partial charge >= 0.3 is 0 Å². The molecule has 18 heavy (non-hydrogen) atoms. The van der Waals surface area contributed by atoms with Gasteiger partial charge in [0.2, 0.25) is 0 Å². The average Bonchev–Trinajstić information content (AvgIpc) is 2.31. The predicted molar refractivity (Wildman–Crippen MR) is 71.8 cm³/mol. The summed E-state index contributed by atoms with van der Waals surface area (Å²) in [5.41, 5.74) is 1.85. The fraction of sp³-hybridized carbons (Fsp3) is 0.625. The minimum Gasteiger partial charge on any atom is -0.388 e. The smallest absolute Gasteiger partial charge is 0.129 e. The Balaban J connectivity index is 2.12. The van der Waals surface area contributed by atoms with E-state index in [2.05, 4.69) is 13.8 Å². The highest BCUT2D eigenvalue weighted by Gasteiger charge is 2.32. The summed E-state index contributed by atoms with van der Waals surface area (Å²) in [4.78, 5) is 0. The fourth-order valence-electron chi connectivity index (χ4n) is 2.88. The summed E-state index contributed by atoms with van der Waals surface area (Å²) in [7, 11) is 0. The maximum Gasteiger partial charge on any atom is 0.129 e. The Hall–Kier alpha value is -0.890. The molecule has 0 spiro atoms. The third-order valence-corrected chi connectivity index (χ3v) is 4.30. The largest absolute Gasteiger partial charge is 0.388 e. The van der Waals surface area contributed by atoms with Gasteiger partial charge < -0.3 is 5.11 Å². The van der Waals surface area contributed by atoms with Crippen LogP contribution in [0, 0.1) is 24.1 Å². The van der Waals surface area contributed by atoms with Gasteiger partial charge in [0.15, 0.2) is 0 Å². The molecule has 100 valence electrons. The van der Waals surface area contributed by atoms with Gasteiger partial charge in [-0.15, -0.1) is 0 Å². The van der Waals surface area contributed by atoms with Crippen LogP contribution in [0.15, 0.2) is 18.2 Å². The van der Waals surface area contributed by atoms with Crippen molar-refractivity contribution in [2.45, 2.75) is 52.6 Å². The number of halogens is 1. The highest BCUT2D eigenvalue weighted by molar-refractivity contribution is 5.26. The van der Waals surface area contributed by atoms with E-state index in [0.717, 1.165) is 31.2 Å². The Labute approximate surface area is 109 Å². The molecular formula is C16H23FO. The van der Waals surface area contributed by atoms with E-state index >= 15 is 0 Å². The minimum absolute atomic E-state index is 0.203. The van der Waals surface area contributed by atoms with Gasteiger partial charge in [0.1, 0.15) is 5.82 Å². The number of hydrogen-bond acceptors (Lipinski definition) is 1. The van der Waals surface area contributed by atoms with Gasteiger partial charge in [-0.3, -0.25) is 0 Å². The van der Waals surface area contributed by atoms with E-state index in [9.17, 15) is 9.50 Å². The molecule has 0 saturated heterocycles. The Morgan fingerprint density at radius 1 is 1.28 bits per heavy atom. The molecule has 1 fully saturated rings. The van der Waals surface area contributed by atoms with Crippen molar-refractivity contribution in [1.29, 1.82) is 0 Å². The van der Waals surface area contributed by atoms with E-state index in [-0.39, 0.29) is 11.7 Å². The summed E-state index contributed by atoms with van der Waals surface area (Å²) in [6, 6.07) is 4.98. The molecule has 1 nitrogen and oxygen atoms in total. The molecule has 1 atom stereocenters. The molecular weight excluding hydrogens is 227 g/mol. The summed E-state index contributed by atoms with van der Waals surface area (Å²) in [6.45, 7) is 6.46. The summed E-state index contributed by atoms with van der Waals surface area (Å²) in [6.07, 6.45) is 3.55. The van der Waals surface area contributed by atoms with Gasteiger partial charge in [0.25, 0.3) is 0 Å². The lowest BCUT2D eigenvalue weighted by atomic mass is 9.71. The predicted octanol–water partition coefficient (Wildman–Crippen LogP) is 4.38. The van der Waals surface area contributed by atoms with Crippen LogP contribution in [0.3, 0.4) is 0 Å². The fourth-order valence-corrected chi connectivity index (χ4v) is 2.88. The SMILES string of the molecule is Cc1ccc(F)c(C(O)C2CCC(C)(C)CC2)c1. The molecule has 2 heteroatoms. The third-order valence-electron chi connectivity index (χ3n) is 4.30. The molecule has 1 aromatic rings. The summed E-state index contributed by atoms with van der Waals surface area (Å²) in [5.74, 6) is -0.0766. The van der Waals surface area contributed by atoms with Gasteiger partial charge in [0.05, 0.1) is 6.10 Å². The van der Waals surface area contributed by atoms with Gasteiger partial charge in [0, 0.05) is 5.56 Å². The number of aliphatic hydroxyl groups excluding tert-OH is 1. The van der Waals surface area contributed by atoms with Crippen LogP contribution in [0.1, 0.15) is 56.8 Å². The number of benzene rings is 1. The molecule has 0 heterocycles. The van der Waals surface area contributed by atoms with Crippen LogP contribution in [0.5, 0.6) is 0 Å². The van der Waals surface area contributed by atoms with E-state index in [1.165, 1.54) is 6.07 Å². The first-order valence-corrected chi connectivity index (χ1v) is 6.83. The molecule has 0 amide bonds. The zero-order valence-electron chi connectivity index (χ0n) is 11.5. The molecule has 1 N–H and O–H groups in total. The maximum absolute atomic E-state index is 13.8. The van der Waals surface area contributed by atoms with Gasteiger partial charge in [-0.1, -0.05) is 31.5 Å². The Bertz CT molecular complexity index is 415. The Morgan fingerprint density at radius 2 is 1.89 bits per heavy atom. The second-order valence-corrected chi connectivity index (χ2v) is 6.47. The van der Waals surface area contributed by atoms with Gasteiger partial charge in [-0.05, 0) is 50.0 Å². The first-order valence-electron chi connectivity index (χ1n) is 6.83. The van der Waals surface area contributed by atoms with Crippen LogP contribution >= 0.6 is 0 Å². The van der Waals surface area contributed by atoms with Crippen molar-refractivity contribution in [2.24, 2.45) is 11.3 Å². The van der Waals surface area contributed by atoms with E-state index < -0.39 is 6.10 Å². The standard InChI is InChI=1S/C16H23FO/c1-11-4-5-14(17)13(10-11)15(18)12-6-8-16(2,3)9-7-12/h4-5,10,12,15,18H,6-9H2,1-3H3. The van der Waals surface area contributed by atoms with Crippen LogP contribution in [0.4, 0.5) is 4.39 Å². The molecule has 0 aliphatic heterocycles. The van der Waals surface area contributed by atoms with E-state index in [0.29, 0.717) is 11.0 Å². The molecule has 0 bridgehead atoms. The highest BCUT2D eigenvalue weighted by atomic mass is 19.1. The van der Waals surface area contributed by atoms with E-state index in [1.54, 1.807) is 12.1 Å². The van der Waals surface area contributed by atoms with Gasteiger partial charge in [-0.25, -0.2) is 4.39 Å². The number of aliphatic hydroxyl groups is 1. The zero-order chi connectivity index (χ0) is 13.3. The summed E-state index contributed by atoms with van der Waals surface area (Å²) < 4.78 is 13.8. The van der Waals surface area contributed by atoms with Crippen LogP contribution in [0.25, 0.3) is 0 Å². The summed E-state index contributed by atoms with van der Waals surface area (Å²) >= 11 is 0. The monoisotopic (exact) mass is 250 g/mol. The highest BCUT2D eigenvalue weighted by Crippen LogP contribution is 2.43. The molecule has 1 aliphatic rings. The quantitative estimate of drug-likeness (QED) is 0.825. The normalized spacial score (nSPS) is 21.8. The molecule has 1 aromatic carbocycles. The second kappa shape index (κ2) is 5.00. The first kappa shape index (κ1) is 13.5. The lowest BCUT2D eigenvalue weighted by Crippen LogP contribution is -2.25. The lowest BCUT2D eigenvalue weighted by Gasteiger charge is -2.36. The number of hydrogen-bond donors (Lipinski definition) is 1. The van der Waals surface area contributed by atoms with Crippen molar-refractivity contribution in [3.8, 4) is 0 Å². The van der Waals surface area contributed by atoms with Crippen molar-refractivity contribution in [2.75, 3.05) is 0 Å². The maximum atomic E-state index is 13.8. The van der Waals surface area contributed by atoms with Crippen LogP contribution < -0.4 is 0 Å². The van der Waals surface area contributed by atoms with Crippen LogP contribution in [-0.4, -0.2) is 5.11 Å². The van der Waals surface area contributed by atoms with Crippen molar-refractivity contribution >= 4 is 0 Å². The van der Waals surface area contributed by atoms with Crippen molar-refractivity contribution in [1.82, 2.24) is 0 Å². The molecule has 1 aliphatic carbocycles. The Morgan fingerprint density at radius 3 is 2.50 bits per heavy atom. The minimum atomic E-state index is -0.652. The van der Waals surface area contributed by atoms with E-state index in [4.69, 9.17) is 0 Å². The topological polar surface area (TPSA) is 20.2 Å². The average molecular weight is 250 g/mol. The van der Waals surface area contributed by atoms with Crippen molar-refractivity contribution < 1.29 is 9.50 Å². The Kier molecular flexibility index (Phi) is 3.76. The molecule has 1 saturated carbocycles. The van der Waals surface area contributed by atoms with E-state index in [1.807, 2.05) is 6.92 Å². The summed E-state index contributed by atoms with van der Waals surface area (Å²) in [5, 5.41) is 10.4.